The van der Waals surface area contributed by atoms with E-state index in [0.29, 0.717) is 21.6 Å². The minimum atomic E-state index is -0.177. The Balaban J connectivity index is 1.91. The molecule has 1 amide bonds. The second-order valence-electron chi connectivity index (χ2n) is 5.50. The van der Waals surface area contributed by atoms with Crippen molar-refractivity contribution in [2.45, 2.75) is 6.92 Å². The molecule has 0 unspecified atom stereocenters. The van der Waals surface area contributed by atoms with Crippen LogP contribution in [0.4, 0.5) is 5.69 Å². The highest BCUT2D eigenvalue weighted by atomic mass is 79.9. The molecule has 2 aromatic rings. The Kier molecular flexibility index (Phi) is 5.68. The van der Waals surface area contributed by atoms with Crippen molar-refractivity contribution in [3.05, 3.63) is 56.9 Å². The van der Waals surface area contributed by atoms with Gasteiger partial charge < -0.3 is 14.8 Å². The Hall–Kier alpha value is -2.25. The Morgan fingerprint density at radius 2 is 1.85 bits per heavy atom. The van der Waals surface area contributed by atoms with Crippen molar-refractivity contribution < 1.29 is 14.3 Å². The summed E-state index contributed by atoms with van der Waals surface area (Å²) >= 11 is 4.81. The minimum absolute atomic E-state index is 0.177. The van der Waals surface area contributed by atoms with Crippen LogP contribution >= 0.6 is 27.7 Å². The van der Waals surface area contributed by atoms with E-state index in [1.807, 2.05) is 43.3 Å². The fourth-order valence-corrected chi connectivity index (χ4v) is 3.66. The van der Waals surface area contributed by atoms with Crippen molar-refractivity contribution in [1.82, 2.24) is 5.32 Å². The lowest BCUT2D eigenvalue weighted by Gasteiger charge is -2.10. The molecule has 7 heteroatoms. The number of aryl methyl sites for hydroxylation is 1. The van der Waals surface area contributed by atoms with E-state index in [1.54, 1.807) is 20.3 Å². The van der Waals surface area contributed by atoms with Gasteiger partial charge in [-0.2, -0.15) is 0 Å². The van der Waals surface area contributed by atoms with Crippen molar-refractivity contribution in [2.75, 3.05) is 14.2 Å². The minimum Gasteiger partial charge on any atom is -0.493 e. The van der Waals surface area contributed by atoms with E-state index in [2.05, 4.69) is 26.2 Å². The van der Waals surface area contributed by atoms with Gasteiger partial charge in [0, 0.05) is 4.47 Å². The average molecular weight is 433 g/mol. The van der Waals surface area contributed by atoms with Gasteiger partial charge in [0.1, 0.15) is 0 Å². The van der Waals surface area contributed by atoms with Crippen molar-refractivity contribution in [3.63, 3.8) is 0 Å². The van der Waals surface area contributed by atoms with Gasteiger partial charge in [-0.15, -0.1) is 0 Å². The van der Waals surface area contributed by atoms with Crippen LogP contribution in [0.5, 0.6) is 11.5 Å². The molecule has 0 atom stereocenters. The Labute approximate surface area is 164 Å². The highest BCUT2D eigenvalue weighted by Gasteiger charge is 2.24. The number of para-hydroxylation sites is 1. The number of rotatable bonds is 4. The van der Waals surface area contributed by atoms with E-state index in [9.17, 15) is 4.79 Å². The van der Waals surface area contributed by atoms with Crippen LogP contribution < -0.4 is 14.8 Å². The molecule has 1 aliphatic rings. The van der Waals surface area contributed by atoms with E-state index >= 15 is 0 Å². The first-order valence-electron chi connectivity index (χ1n) is 7.78. The molecule has 3 rings (SSSR count). The smallest absolute Gasteiger partial charge is 0.264 e. The third-order valence-electron chi connectivity index (χ3n) is 3.78. The van der Waals surface area contributed by atoms with Crippen LogP contribution in [-0.2, 0) is 4.79 Å². The summed E-state index contributed by atoms with van der Waals surface area (Å²) in [5.41, 5.74) is 2.70. The second kappa shape index (κ2) is 7.97. The zero-order chi connectivity index (χ0) is 18.7. The van der Waals surface area contributed by atoms with Crippen LogP contribution in [0, 0.1) is 6.92 Å². The molecule has 5 nitrogen and oxygen atoms in total. The molecule has 0 bridgehead atoms. The van der Waals surface area contributed by atoms with Crippen molar-refractivity contribution in [1.29, 1.82) is 0 Å². The molecular formula is C19H17BrN2O3S. The maximum Gasteiger partial charge on any atom is 0.264 e. The Morgan fingerprint density at radius 1 is 1.15 bits per heavy atom. The van der Waals surface area contributed by atoms with Gasteiger partial charge in [-0.1, -0.05) is 34.1 Å². The normalized spacial score (nSPS) is 16.8. The second-order valence-corrected chi connectivity index (χ2v) is 7.38. The lowest BCUT2D eigenvalue weighted by Crippen LogP contribution is -2.19. The predicted molar refractivity (Wildman–Crippen MR) is 109 cm³/mol. The molecular weight excluding hydrogens is 416 g/mol. The molecule has 1 fully saturated rings. The van der Waals surface area contributed by atoms with Gasteiger partial charge in [0.05, 0.1) is 24.8 Å². The fraction of sp³-hybridized carbons (Fsp3) is 0.158. The molecule has 2 aromatic carbocycles. The number of ether oxygens (including phenoxy) is 2. The fourth-order valence-electron chi connectivity index (χ4n) is 2.40. The zero-order valence-electron chi connectivity index (χ0n) is 14.5. The SMILES string of the molecule is COc1cc(Br)c(/C=C2\SC(=Nc3ccccc3C)NC2=O)cc1OC. The lowest BCUT2D eigenvalue weighted by molar-refractivity contribution is -0.115. The topological polar surface area (TPSA) is 59.9 Å². The first-order chi connectivity index (χ1) is 12.5. The van der Waals surface area contributed by atoms with Crippen LogP contribution in [0.3, 0.4) is 0 Å². The predicted octanol–water partition coefficient (Wildman–Crippen LogP) is 4.67. The Bertz CT molecular complexity index is 925. The summed E-state index contributed by atoms with van der Waals surface area (Å²) in [6.07, 6.45) is 1.80. The number of thioether (sulfide) groups is 1. The van der Waals surface area contributed by atoms with Crippen LogP contribution in [0.1, 0.15) is 11.1 Å². The van der Waals surface area contributed by atoms with Crippen molar-refractivity contribution >= 4 is 50.5 Å². The lowest BCUT2D eigenvalue weighted by atomic mass is 10.2. The number of halogens is 1. The zero-order valence-corrected chi connectivity index (χ0v) is 16.9. The maximum atomic E-state index is 12.3. The first kappa shape index (κ1) is 18.5. The van der Waals surface area contributed by atoms with Gasteiger partial charge in [-0.05, 0) is 54.1 Å². The Morgan fingerprint density at radius 3 is 2.54 bits per heavy atom. The summed E-state index contributed by atoms with van der Waals surface area (Å²) in [5, 5.41) is 3.37. The number of amidine groups is 1. The van der Waals surface area contributed by atoms with E-state index in [4.69, 9.17) is 9.47 Å². The monoisotopic (exact) mass is 432 g/mol. The summed E-state index contributed by atoms with van der Waals surface area (Å²) < 4.78 is 11.4. The molecule has 134 valence electrons. The third-order valence-corrected chi connectivity index (χ3v) is 5.37. The number of aliphatic imine (C=N–C) groups is 1. The van der Waals surface area contributed by atoms with E-state index in [0.717, 1.165) is 21.3 Å². The van der Waals surface area contributed by atoms with Crippen LogP contribution in [0.25, 0.3) is 6.08 Å². The molecule has 26 heavy (non-hydrogen) atoms. The molecule has 0 saturated carbocycles. The first-order valence-corrected chi connectivity index (χ1v) is 9.39. The number of amides is 1. The summed E-state index contributed by atoms with van der Waals surface area (Å²) in [4.78, 5) is 17.4. The summed E-state index contributed by atoms with van der Waals surface area (Å²) in [7, 11) is 3.16. The van der Waals surface area contributed by atoms with Crippen LogP contribution in [0.15, 0.2) is 50.8 Å². The summed E-state index contributed by atoms with van der Waals surface area (Å²) in [6, 6.07) is 11.4. The van der Waals surface area contributed by atoms with E-state index in [-0.39, 0.29) is 5.91 Å². The number of nitrogens with zero attached hydrogens (tertiary/aromatic N) is 1. The van der Waals surface area contributed by atoms with Gasteiger partial charge in [0.2, 0.25) is 0 Å². The third kappa shape index (κ3) is 3.94. The van der Waals surface area contributed by atoms with Crippen LogP contribution in [0.2, 0.25) is 0 Å². The van der Waals surface area contributed by atoms with Crippen molar-refractivity contribution in [3.8, 4) is 11.5 Å². The molecule has 0 aromatic heterocycles. The molecule has 1 heterocycles. The molecule has 0 aliphatic carbocycles. The van der Waals surface area contributed by atoms with Gasteiger partial charge >= 0.3 is 0 Å². The number of nitrogens with one attached hydrogen (secondary N) is 1. The molecule has 1 aliphatic heterocycles. The highest BCUT2D eigenvalue weighted by molar-refractivity contribution is 9.10. The van der Waals surface area contributed by atoms with Gasteiger partial charge in [-0.3, -0.25) is 4.79 Å². The summed E-state index contributed by atoms with van der Waals surface area (Å²) in [6.45, 7) is 1.98. The molecule has 0 spiro atoms. The number of carbonyl (C=O) groups excluding carboxylic acids is 1. The largest absolute Gasteiger partial charge is 0.493 e. The highest BCUT2D eigenvalue weighted by Crippen LogP contribution is 2.36. The van der Waals surface area contributed by atoms with Crippen molar-refractivity contribution in [2.24, 2.45) is 4.99 Å². The number of hydrogen-bond donors (Lipinski definition) is 1. The molecule has 1 N–H and O–H groups in total. The number of benzene rings is 2. The van der Waals surface area contributed by atoms with E-state index < -0.39 is 0 Å². The maximum absolute atomic E-state index is 12.3. The van der Waals surface area contributed by atoms with Gasteiger partial charge in [0.25, 0.3) is 5.91 Å². The summed E-state index contributed by atoms with van der Waals surface area (Å²) in [5.74, 6) is 1.04. The van der Waals surface area contributed by atoms with Gasteiger partial charge in [0.15, 0.2) is 16.7 Å². The van der Waals surface area contributed by atoms with Gasteiger partial charge in [-0.25, -0.2) is 4.99 Å². The quantitative estimate of drug-likeness (QED) is 0.713. The van der Waals surface area contributed by atoms with E-state index in [1.165, 1.54) is 11.8 Å². The molecule has 0 radical (unpaired) electrons. The number of methoxy groups -OCH3 is 2. The number of hydrogen-bond acceptors (Lipinski definition) is 5. The standard InChI is InChI=1S/C19H17BrN2O3S/c1-11-6-4-5-7-14(11)21-19-22-18(23)17(26-19)9-12-8-15(24-2)16(25-3)10-13(12)20/h4-10H,1-3H3,(H,21,22,23)/b17-9-. The molecule has 1 saturated heterocycles. The number of carbonyl (C=O) groups is 1. The average Bonchev–Trinajstić information content (AvgIpc) is 2.97. The van der Waals surface area contributed by atoms with Crippen LogP contribution in [-0.4, -0.2) is 25.3 Å².